The van der Waals surface area contributed by atoms with Gasteiger partial charge in [-0.3, -0.25) is 4.79 Å². The lowest BCUT2D eigenvalue weighted by Gasteiger charge is -2.09. The van der Waals surface area contributed by atoms with Crippen LogP contribution in [0.5, 0.6) is 5.75 Å². The number of sulfone groups is 1. The summed E-state index contributed by atoms with van der Waals surface area (Å²) in [6.45, 7) is 1.96. The SMILES string of the molecule is Cc1ccc(S(C)(=O)=O)cc1NC(=O)c1ccc(COc2ccc3ccccc3c2)o1. The number of carbonyl (C=O) groups is 1. The summed E-state index contributed by atoms with van der Waals surface area (Å²) >= 11 is 0. The Kier molecular flexibility index (Phi) is 5.52. The number of anilines is 1. The molecule has 158 valence electrons. The number of rotatable bonds is 6. The Morgan fingerprint density at radius 2 is 1.74 bits per heavy atom. The lowest BCUT2D eigenvalue weighted by atomic mass is 10.1. The van der Waals surface area contributed by atoms with Crippen molar-refractivity contribution in [3.8, 4) is 5.75 Å². The van der Waals surface area contributed by atoms with E-state index in [1.807, 2.05) is 42.5 Å². The third kappa shape index (κ3) is 4.78. The van der Waals surface area contributed by atoms with Crippen LogP contribution in [0.1, 0.15) is 21.9 Å². The Balaban J connectivity index is 1.44. The summed E-state index contributed by atoms with van der Waals surface area (Å²) in [5, 5.41) is 4.91. The zero-order chi connectivity index (χ0) is 22.0. The molecule has 0 saturated heterocycles. The van der Waals surface area contributed by atoms with E-state index in [4.69, 9.17) is 9.15 Å². The molecule has 4 aromatic rings. The van der Waals surface area contributed by atoms with E-state index in [1.54, 1.807) is 25.1 Å². The number of benzene rings is 3. The number of nitrogens with one attached hydrogen (secondary N) is 1. The van der Waals surface area contributed by atoms with Crippen LogP contribution in [-0.4, -0.2) is 20.6 Å². The van der Waals surface area contributed by atoms with Gasteiger partial charge in [0.2, 0.25) is 0 Å². The molecule has 0 saturated carbocycles. The Morgan fingerprint density at radius 1 is 0.968 bits per heavy atom. The summed E-state index contributed by atoms with van der Waals surface area (Å²) in [6.07, 6.45) is 1.12. The van der Waals surface area contributed by atoms with Crippen LogP contribution in [0.2, 0.25) is 0 Å². The molecule has 0 spiro atoms. The largest absolute Gasteiger partial charge is 0.486 e. The maximum atomic E-state index is 12.6. The summed E-state index contributed by atoms with van der Waals surface area (Å²) < 4.78 is 34.9. The van der Waals surface area contributed by atoms with Crippen molar-refractivity contribution in [3.05, 3.63) is 89.9 Å². The molecule has 0 aliphatic heterocycles. The fourth-order valence-electron chi connectivity index (χ4n) is 3.14. The molecular formula is C24H21NO5S. The minimum atomic E-state index is -3.38. The predicted molar refractivity (Wildman–Crippen MR) is 119 cm³/mol. The highest BCUT2D eigenvalue weighted by Gasteiger charge is 2.15. The van der Waals surface area contributed by atoms with Gasteiger partial charge in [-0.05, 0) is 59.7 Å². The van der Waals surface area contributed by atoms with Gasteiger partial charge < -0.3 is 14.5 Å². The van der Waals surface area contributed by atoms with Crippen molar-refractivity contribution in [2.24, 2.45) is 0 Å². The molecule has 0 atom stereocenters. The Bertz CT molecular complexity index is 1370. The first-order valence-electron chi connectivity index (χ1n) is 9.62. The van der Waals surface area contributed by atoms with E-state index in [-0.39, 0.29) is 17.3 Å². The standard InChI is InChI=1S/C24H21NO5S/c1-16-7-11-21(31(2,27)28)14-22(16)25-24(26)23-12-10-20(30-23)15-29-19-9-8-17-5-3-4-6-18(17)13-19/h3-14H,15H2,1-2H3,(H,25,26). The van der Waals surface area contributed by atoms with Crippen LogP contribution >= 0.6 is 0 Å². The van der Waals surface area contributed by atoms with Crippen molar-refractivity contribution in [1.82, 2.24) is 0 Å². The molecule has 0 unspecified atom stereocenters. The molecule has 3 aromatic carbocycles. The predicted octanol–water partition coefficient (Wildman–Crippen LogP) is 4.98. The molecule has 31 heavy (non-hydrogen) atoms. The van der Waals surface area contributed by atoms with E-state index >= 15 is 0 Å². The Hall–Kier alpha value is -3.58. The first kappa shape index (κ1) is 20.7. The van der Waals surface area contributed by atoms with Crippen LogP contribution in [0.15, 0.2) is 82.1 Å². The summed E-state index contributed by atoms with van der Waals surface area (Å²) in [4.78, 5) is 12.7. The minimum absolute atomic E-state index is 0.112. The first-order valence-corrected chi connectivity index (χ1v) is 11.5. The fraction of sp³-hybridized carbons (Fsp3) is 0.125. The third-order valence-corrected chi connectivity index (χ3v) is 5.98. The molecule has 4 rings (SSSR count). The van der Waals surface area contributed by atoms with Gasteiger partial charge in [0, 0.05) is 11.9 Å². The van der Waals surface area contributed by atoms with Gasteiger partial charge >= 0.3 is 0 Å². The molecule has 1 N–H and O–H groups in total. The summed E-state index contributed by atoms with van der Waals surface area (Å²) in [6, 6.07) is 21.6. The maximum absolute atomic E-state index is 12.6. The quantitative estimate of drug-likeness (QED) is 0.462. The lowest BCUT2D eigenvalue weighted by molar-refractivity contribution is 0.0992. The van der Waals surface area contributed by atoms with E-state index in [0.29, 0.717) is 17.2 Å². The number of hydrogen-bond donors (Lipinski definition) is 1. The van der Waals surface area contributed by atoms with Crippen LogP contribution in [0.4, 0.5) is 5.69 Å². The van der Waals surface area contributed by atoms with Gasteiger partial charge in [-0.2, -0.15) is 0 Å². The smallest absolute Gasteiger partial charge is 0.291 e. The highest BCUT2D eigenvalue weighted by Crippen LogP contribution is 2.23. The minimum Gasteiger partial charge on any atom is -0.486 e. The van der Waals surface area contributed by atoms with Crippen molar-refractivity contribution < 1.29 is 22.4 Å². The topological polar surface area (TPSA) is 85.6 Å². The average Bonchev–Trinajstić information content (AvgIpc) is 3.22. The van der Waals surface area contributed by atoms with Gasteiger partial charge in [-0.15, -0.1) is 0 Å². The molecule has 6 nitrogen and oxygen atoms in total. The van der Waals surface area contributed by atoms with Crippen LogP contribution in [-0.2, 0) is 16.4 Å². The average molecular weight is 436 g/mol. The third-order valence-electron chi connectivity index (χ3n) is 4.87. The molecule has 0 aliphatic carbocycles. The number of carbonyl (C=O) groups excluding carboxylic acids is 1. The summed E-state index contributed by atoms with van der Waals surface area (Å²) in [5.74, 6) is 0.848. The number of amides is 1. The molecule has 0 radical (unpaired) electrons. The highest BCUT2D eigenvalue weighted by atomic mass is 32.2. The monoisotopic (exact) mass is 435 g/mol. The van der Waals surface area contributed by atoms with Gasteiger partial charge in [-0.25, -0.2) is 8.42 Å². The van der Waals surface area contributed by atoms with Gasteiger partial charge in [0.05, 0.1) is 4.90 Å². The number of hydrogen-bond acceptors (Lipinski definition) is 5. The van der Waals surface area contributed by atoms with E-state index in [2.05, 4.69) is 5.32 Å². The van der Waals surface area contributed by atoms with Gasteiger partial charge in [0.1, 0.15) is 18.1 Å². The van der Waals surface area contributed by atoms with Crippen LogP contribution < -0.4 is 10.1 Å². The molecule has 0 aliphatic rings. The second-order valence-electron chi connectivity index (χ2n) is 7.27. The van der Waals surface area contributed by atoms with Crippen LogP contribution in [0.3, 0.4) is 0 Å². The fourth-order valence-corrected chi connectivity index (χ4v) is 3.79. The number of ether oxygens (including phenoxy) is 1. The van der Waals surface area contributed by atoms with E-state index < -0.39 is 15.7 Å². The summed E-state index contributed by atoms with van der Waals surface area (Å²) in [5.41, 5.74) is 1.16. The van der Waals surface area contributed by atoms with Crippen molar-refractivity contribution in [2.45, 2.75) is 18.4 Å². The van der Waals surface area contributed by atoms with E-state index in [9.17, 15) is 13.2 Å². The molecule has 1 amide bonds. The number of fused-ring (bicyclic) bond motifs is 1. The van der Waals surface area contributed by atoms with Crippen molar-refractivity contribution in [1.29, 1.82) is 0 Å². The van der Waals surface area contributed by atoms with E-state index in [1.165, 1.54) is 12.1 Å². The van der Waals surface area contributed by atoms with Crippen molar-refractivity contribution in [3.63, 3.8) is 0 Å². The van der Waals surface area contributed by atoms with Gasteiger partial charge in [0.15, 0.2) is 15.6 Å². The number of furan rings is 1. The maximum Gasteiger partial charge on any atom is 0.291 e. The van der Waals surface area contributed by atoms with Crippen LogP contribution in [0.25, 0.3) is 10.8 Å². The van der Waals surface area contributed by atoms with Crippen molar-refractivity contribution in [2.75, 3.05) is 11.6 Å². The second kappa shape index (κ2) is 8.28. The molecule has 0 fully saturated rings. The highest BCUT2D eigenvalue weighted by molar-refractivity contribution is 7.90. The zero-order valence-electron chi connectivity index (χ0n) is 17.1. The van der Waals surface area contributed by atoms with Gasteiger partial charge in [0.25, 0.3) is 5.91 Å². The molecule has 1 heterocycles. The summed E-state index contributed by atoms with van der Waals surface area (Å²) in [7, 11) is -3.38. The lowest BCUT2D eigenvalue weighted by Crippen LogP contribution is -2.12. The molecule has 0 bridgehead atoms. The van der Waals surface area contributed by atoms with E-state index in [0.717, 1.165) is 22.6 Å². The normalized spacial score (nSPS) is 11.4. The molecular weight excluding hydrogens is 414 g/mol. The second-order valence-corrected chi connectivity index (χ2v) is 9.28. The zero-order valence-corrected chi connectivity index (χ0v) is 17.9. The van der Waals surface area contributed by atoms with Crippen molar-refractivity contribution >= 4 is 32.2 Å². The van der Waals surface area contributed by atoms with Gasteiger partial charge in [-0.1, -0.05) is 36.4 Å². The molecule has 1 aromatic heterocycles. The Morgan fingerprint density at radius 3 is 2.52 bits per heavy atom. The Labute approximate surface area is 180 Å². The molecule has 7 heteroatoms. The van der Waals surface area contributed by atoms with Crippen LogP contribution in [0, 0.1) is 6.92 Å². The first-order chi connectivity index (χ1) is 14.8. The number of aryl methyl sites for hydroxylation is 1.